The maximum Gasteiger partial charge on any atom is 0.274 e. The molecule has 1 aromatic carbocycles. The largest absolute Gasteiger partial charge is 0.341 e. The first-order valence-corrected chi connectivity index (χ1v) is 8.43. The van der Waals surface area contributed by atoms with E-state index in [0.717, 1.165) is 25.9 Å². The molecule has 0 spiro atoms. The van der Waals surface area contributed by atoms with Crippen LogP contribution in [0.15, 0.2) is 41.5 Å². The van der Waals surface area contributed by atoms with E-state index < -0.39 is 4.92 Å². The van der Waals surface area contributed by atoms with E-state index in [4.69, 9.17) is 0 Å². The highest BCUT2D eigenvalue weighted by Crippen LogP contribution is 2.22. The van der Waals surface area contributed by atoms with E-state index >= 15 is 0 Å². The molecule has 2 aromatic heterocycles. The van der Waals surface area contributed by atoms with Gasteiger partial charge in [-0.25, -0.2) is 9.97 Å². The van der Waals surface area contributed by atoms with E-state index in [0.29, 0.717) is 28.1 Å². The van der Waals surface area contributed by atoms with Crippen molar-refractivity contribution in [1.29, 1.82) is 0 Å². The third kappa shape index (κ3) is 2.69. The minimum atomic E-state index is -0.448. The van der Waals surface area contributed by atoms with Crippen LogP contribution in [0.3, 0.4) is 0 Å². The summed E-state index contributed by atoms with van der Waals surface area (Å²) in [6.45, 7) is 3.52. The minimum absolute atomic E-state index is 0.0184. The molecule has 0 saturated carbocycles. The fraction of sp³-hybridized carbons (Fsp3) is 0.278. The Morgan fingerprint density at radius 1 is 1.19 bits per heavy atom. The van der Waals surface area contributed by atoms with Gasteiger partial charge in [-0.15, -0.1) is 0 Å². The summed E-state index contributed by atoms with van der Waals surface area (Å²) in [6.07, 6.45) is 5.38. The molecule has 4 rings (SSSR count). The number of aryl methyl sites for hydroxylation is 1. The summed E-state index contributed by atoms with van der Waals surface area (Å²) in [7, 11) is 0. The number of anilines is 1. The number of nitro groups is 1. The van der Waals surface area contributed by atoms with Gasteiger partial charge in [0.15, 0.2) is 0 Å². The molecule has 0 atom stereocenters. The van der Waals surface area contributed by atoms with Gasteiger partial charge in [0, 0.05) is 37.1 Å². The molecule has 1 saturated heterocycles. The van der Waals surface area contributed by atoms with E-state index in [9.17, 15) is 14.9 Å². The SMILES string of the molecule is Cc1ccc(-n2ccc3nc(N4CCCC4)ncc3c2=O)cc1[N+](=O)[O-]. The van der Waals surface area contributed by atoms with Gasteiger partial charge in [0.1, 0.15) is 0 Å². The van der Waals surface area contributed by atoms with Crippen molar-refractivity contribution in [3.8, 4) is 5.69 Å². The van der Waals surface area contributed by atoms with Gasteiger partial charge in [-0.05, 0) is 31.9 Å². The smallest absolute Gasteiger partial charge is 0.274 e. The van der Waals surface area contributed by atoms with E-state index in [1.54, 1.807) is 31.3 Å². The average Bonchev–Trinajstić information content (AvgIpc) is 3.17. The molecule has 0 N–H and O–H groups in total. The van der Waals surface area contributed by atoms with Crippen molar-refractivity contribution in [2.75, 3.05) is 18.0 Å². The summed E-state index contributed by atoms with van der Waals surface area (Å²) < 4.78 is 1.38. The first-order chi connectivity index (χ1) is 12.5. The van der Waals surface area contributed by atoms with Crippen LogP contribution < -0.4 is 10.5 Å². The number of hydrogen-bond donors (Lipinski definition) is 0. The molecule has 8 nitrogen and oxygen atoms in total. The Bertz CT molecular complexity index is 1070. The van der Waals surface area contributed by atoms with Crippen LogP contribution >= 0.6 is 0 Å². The maximum atomic E-state index is 12.8. The van der Waals surface area contributed by atoms with Gasteiger partial charge in [0.2, 0.25) is 5.95 Å². The maximum absolute atomic E-state index is 12.8. The summed E-state index contributed by atoms with van der Waals surface area (Å²) in [5.74, 6) is 0.637. The number of benzene rings is 1. The van der Waals surface area contributed by atoms with Gasteiger partial charge in [-0.1, -0.05) is 6.07 Å². The molecule has 132 valence electrons. The Morgan fingerprint density at radius 2 is 1.96 bits per heavy atom. The molecule has 1 aliphatic heterocycles. The fourth-order valence-electron chi connectivity index (χ4n) is 3.24. The quantitative estimate of drug-likeness (QED) is 0.532. The van der Waals surface area contributed by atoms with Crippen molar-refractivity contribution >= 4 is 22.5 Å². The van der Waals surface area contributed by atoms with Crippen LogP contribution in [0.4, 0.5) is 11.6 Å². The third-order valence-electron chi connectivity index (χ3n) is 4.69. The van der Waals surface area contributed by atoms with Crippen LogP contribution in [0.25, 0.3) is 16.6 Å². The number of hydrogen-bond acceptors (Lipinski definition) is 6. The van der Waals surface area contributed by atoms with E-state index in [-0.39, 0.29) is 11.2 Å². The van der Waals surface area contributed by atoms with Crippen molar-refractivity contribution < 1.29 is 4.92 Å². The van der Waals surface area contributed by atoms with E-state index in [1.165, 1.54) is 16.8 Å². The number of rotatable bonds is 3. The monoisotopic (exact) mass is 351 g/mol. The van der Waals surface area contributed by atoms with Gasteiger partial charge in [-0.2, -0.15) is 0 Å². The zero-order valence-electron chi connectivity index (χ0n) is 14.3. The van der Waals surface area contributed by atoms with Crippen molar-refractivity contribution in [2.24, 2.45) is 0 Å². The van der Waals surface area contributed by atoms with Crippen LogP contribution in [0, 0.1) is 17.0 Å². The Balaban J connectivity index is 1.81. The molecular formula is C18H17N5O3. The number of nitrogens with zero attached hydrogens (tertiary/aromatic N) is 5. The highest BCUT2D eigenvalue weighted by atomic mass is 16.6. The minimum Gasteiger partial charge on any atom is -0.341 e. The molecule has 3 heterocycles. The van der Waals surface area contributed by atoms with Crippen LogP contribution in [0.2, 0.25) is 0 Å². The van der Waals surface area contributed by atoms with Gasteiger partial charge in [0.05, 0.1) is 21.5 Å². The molecule has 26 heavy (non-hydrogen) atoms. The second kappa shape index (κ2) is 6.21. The Kier molecular flexibility index (Phi) is 3.87. The summed E-state index contributed by atoms with van der Waals surface area (Å²) in [5.41, 5.74) is 1.25. The van der Waals surface area contributed by atoms with Crippen LogP contribution in [0.1, 0.15) is 18.4 Å². The molecule has 1 aliphatic rings. The van der Waals surface area contributed by atoms with Gasteiger partial charge >= 0.3 is 0 Å². The molecule has 0 aliphatic carbocycles. The number of nitro benzene ring substituents is 1. The molecular weight excluding hydrogens is 334 g/mol. The zero-order chi connectivity index (χ0) is 18.3. The van der Waals surface area contributed by atoms with Gasteiger partial charge in [0.25, 0.3) is 11.2 Å². The molecule has 0 amide bonds. The second-order valence-electron chi connectivity index (χ2n) is 6.38. The predicted molar refractivity (Wildman–Crippen MR) is 98.0 cm³/mol. The predicted octanol–water partition coefficient (Wildman–Crippen LogP) is 2.60. The molecule has 0 radical (unpaired) electrons. The van der Waals surface area contributed by atoms with Crippen LogP contribution in [-0.4, -0.2) is 32.5 Å². The standard InChI is InChI=1S/C18H17N5O3/c1-12-4-5-13(10-16(12)23(25)26)22-9-6-15-14(17(22)24)11-19-18(20-15)21-7-2-3-8-21/h4-6,9-11H,2-3,7-8H2,1H3. The molecule has 3 aromatic rings. The van der Waals surface area contributed by atoms with Crippen LogP contribution in [0.5, 0.6) is 0 Å². The summed E-state index contributed by atoms with van der Waals surface area (Å²) in [5, 5.41) is 11.5. The highest BCUT2D eigenvalue weighted by Gasteiger charge is 2.17. The second-order valence-corrected chi connectivity index (χ2v) is 6.38. The van der Waals surface area contributed by atoms with E-state index in [2.05, 4.69) is 14.9 Å². The fourth-order valence-corrected chi connectivity index (χ4v) is 3.24. The average molecular weight is 351 g/mol. The van der Waals surface area contributed by atoms with E-state index in [1.807, 2.05) is 0 Å². The lowest BCUT2D eigenvalue weighted by Gasteiger charge is -2.15. The number of pyridine rings is 1. The van der Waals surface area contributed by atoms with Crippen molar-refractivity contribution in [2.45, 2.75) is 19.8 Å². The Hall–Kier alpha value is -3.29. The third-order valence-corrected chi connectivity index (χ3v) is 4.69. The van der Waals surface area contributed by atoms with Gasteiger partial charge in [-0.3, -0.25) is 19.5 Å². The summed E-state index contributed by atoms with van der Waals surface area (Å²) in [4.78, 5) is 34.5. The number of fused-ring (bicyclic) bond motifs is 1. The van der Waals surface area contributed by atoms with Crippen molar-refractivity contribution in [3.63, 3.8) is 0 Å². The normalized spacial score (nSPS) is 14.1. The lowest BCUT2D eigenvalue weighted by atomic mass is 10.2. The lowest BCUT2D eigenvalue weighted by Crippen LogP contribution is -2.22. The Morgan fingerprint density at radius 3 is 2.69 bits per heavy atom. The van der Waals surface area contributed by atoms with Gasteiger partial charge < -0.3 is 4.90 Å². The molecule has 0 bridgehead atoms. The zero-order valence-corrected chi connectivity index (χ0v) is 14.3. The molecule has 1 fully saturated rings. The first kappa shape index (κ1) is 16.2. The van der Waals surface area contributed by atoms with Crippen LogP contribution in [-0.2, 0) is 0 Å². The molecule has 8 heteroatoms. The number of aromatic nitrogens is 3. The van der Waals surface area contributed by atoms with Crippen molar-refractivity contribution in [3.05, 3.63) is 62.7 Å². The summed E-state index contributed by atoms with van der Waals surface area (Å²) >= 11 is 0. The Labute approximate surface area is 148 Å². The molecule has 0 unspecified atom stereocenters. The topological polar surface area (TPSA) is 94.2 Å². The first-order valence-electron chi connectivity index (χ1n) is 8.43. The lowest BCUT2D eigenvalue weighted by molar-refractivity contribution is -0.385. The highest BCUT2D eigenvalue weighted by molar-refractivity contribution is 5.78. The van der Waals surface area contributed by atoms with Crippen molar-refractivity contribution in [1.82, 2.24) is 14.5 Å². The summed E-state index contributed by atoms with van der Waals surface area (Å²) in [6, 6.07) is 6.47.